The van der Waals surface area contributed by atoms with E-state index in [2.05, 4.69) is 10.1 Å². The zero-order chi connectivity index (χ0) is 18.1. The number of methoxy groups -OCH3 is 1. The van der Waals surface area contributed by atoms with Gasteiger partial charge < -0.3 is 10.1 Å². The Kier molecular flexibility index (Phi) is 6.85. The summed E-state index contributed by atoms with van der Waals surface area (Å²) < 4.78 is 70.2. The first-order valence-corrected chi connectivity index (χ1v) is 8.54. The van der Waals surface area contributed by atoms with Crippen LogP contribution in [0.2, 0.25) is 0 Å². The number of piperazine rings is 1. The average molecular weight is 403 g/mol. The number of hydrogen-bond acceptors (Lipinski definition) is 5. The largest absolute Gasteiger partial charge is 0.465 e. The lowest BCUT2D eigenvalue weighted by Crippen LogP contribution is -2.51. The van der Waals surface area contributed by atoms with Crippen molar-refractivity contribution in [3.05, 3.63) is 29.3 Å². The first-order chi connectivity index (χ1) is 11.1. The van der Waals surface area contributed by atoms with Gasteiger partial charge in [0.1, 0.15) is 0 Å². The lowest BCUT2D eigenvalue weighted by molar-refractivity contribution is -0.138. The van der Waals surface area contributed by atoms with Crippen LogP contribution in [-0.4, -0.2) is 51.5 Å². The quantitative estimate of drug-likeness (QED) is 0.781. The number of nitrogens with zero attached hydrogens (tertiary/aromatic N) is 1. The van der Waals surface area contributed by atoms with Crippen molar-refractivity contribution in [3.63, 3.8) is 0 Å². The van der Waals surface area contributed by atoms with Crippen LogP contribution in [0.3, 0.4) is 0 Å². The molecule has 0 bridgehead atoms. The standard InChI is InChI=1S/C14H17F3N2O4S.ClH/c1-9-8-19(6-5-18-9)24(21,22)10-3-4-11(13(20)23-2)12(7-10)14(15,16)17;/h3-4,7,9,18H,5-6,8H2,1-2H3;1H/t9-;/m1./s1. The summed E-state index contributed by atoms with van der Waals surface area (Å²) in [5.74, 6) is -1.18. The van der Waals surface area contributed by atoms with Crippen molar-refractivity contribution in [1.82, 2.24) is 9.62 Å². The van der Waals surface area contributed by atoms with Gasteiger partial charge in [0.25, 0.3) is 0 Å². The second kappa shape index (κ2) is 7.90. The molecule has 1 saturated heterocycles. The van der Waals surface area contributed by atoms with Gasteiger partial charge in [-0.15, -0.1) is 12.4 Å². The fraction of sp³-hybridized carbons (Fsp3) is 0.500. The van der Waals surface area contributed by atoms with E-state index in [0.29, 0.717) is 12.6 Å². The van der Waals surface area contributed by atoms with Gasteiger partial charge >= 0.3 is 12.1 Å². The van der Waals surface area contributed by atoms with Crippen molar-refractivity contribution >= 4 is 28.4 Å². The molecule has 1 fully saturated rings. The number of sulfonamides is 1. The van der Waals surface area contributed by atoms with E-state index in [4.69, 9.17) is 0 Å². The predicted molar refractivity (Wildman–Crippen MR) is 86.3 cm³/mol. The number of nitrogens with one attached hydrogen (secondary N) is 1. The third-order valence-corrected chi connectivity index (χ3v) is 5.53. The molecule has 2 rings (SSSR count). The molecule has 0 spiro atoms. The molecule has 1 aliphatic heterocycles. The molecule has 1 atom stereocenters. The molecule has 1 aliphatic rings. The van der Waals surface area contributed by atoms with Crippen LogP contribution in [-0.2, 0) is 20.9 Å². The minimum Gasteiger partial charge on any atom is -0.465 e. The summed E-state index contributed by atoms with van der Waals surface area (Å²) in [6.07, 6.45) is -4.88. The maximum Gasteiger partial charge on any atom is 0.417 e. The summed E-state index contributed by atoms with van der Waals surface area (Å²) >= 11 is 0. The minimum absolute atomic E-state index is 0. The van der Waals surface area contributed by atoms with Gasteiger partial charge in [-0.3, -0.25) is 0 Å². The fourth-order valence-electron chi connectivity index (χ4n) is 2.47. The Morgan fingerprint density at radius 2 is 2.00 bits per heavy atom. The molecule has 0 aliphatic carbocycles. The van der Waals surface area contributed by atoms with E-state index in [0.717, 1.165) is 23.5 Å². The molecule has 25 heavy (non-hydrogen) atoms. The number of ether oxygens (including phenoxy) is 1. The van der Waals surface area contributed by atoms with E-state index in [9.17, 15) is 26.4 Å². The van der Waals surface area contributed by atoms with Crippen molar-refractivity contribution in [3.8, 4) is 0 Å². The lowest BCUT2D eigenvalue weighted by Gasteiger charge is -2.31. The SMILES string of the molecule is COC(=O)c1ccc(S(=O)(=O)N2CCN[C@H](C)C2)cc1C(F)(F)F.Cl. The van der Waals surface area contributed by atoms with Gasteiger partial charge in [0.15, 0.2) is 0 Å². The second-order valence-electron chi connectivity index (χ2n) is 5.41. The van der Waals surface area contributed by atoms with E-state index >= 15 is 0 Å². The highest BCUT2D eigenvalue weighted by Crippen LogP contribution is 2.34. The number of esters is 1. The monoisotopic (exact) mass is 402 g/mol. The Balaban J connectivity index is 0.00000312. The van der Waals surface area contributed by atoms with E-state index < -0.39 is 38.2 Å². The number of carbonyl (C=O) groups is 1. The molecular formula is C14H18ClF3N2O4S. The van der Waals surface area contributed by atoms with Crippen LogP contribution in [0.1, 0.15) is 22.8 Å². The molecule has 1 N–H and O–H groups in total. The van der Waals surface area contributed by atoms with Crippen LogP contribution >= 0.6 is 12.4 Å². The smallest absolute Gasteiger partial charge is 0.417 e. The van der Waals surface area contributed by atoms with Gasteiger partial charge in [0, 0.05) is 25.7 Å². The van der Waals surface area contributed by atoms with Crippen LogP contribution in [0.4, 0.5) is 13.2 Å². The zero-order valence-electron chi connectivity index (χ0n) is 13.5. The molecule has 0 unspecified atom stereocenters. The fourth-order valence-corrected chi connectivity index (χ4v) is 4.03. The molecule has 1 aromatic rings. The predicted octanol–water partition coefficient (Wildman–Crippen LogP) is 1.90. The molecule has 0 saturated carbocycles. The van der Waals surface area contributed by atoms with E-state index in [-0.39, 0.29) is 31.5 Å². The van der Waals surface area contributed by atoms with Crippen LogP contribution in [0, 0.1) is 0 Å². The van der Waals surface area contributed by atoms with E-state index in [1.54, 1.807) is 6.92 Å². The van der Waals surface area contributed by atoms with E-state index in [1.165, 1.54) is 0 Å². The summed E-state index contributed by atoms with van der Waals surface area (Å²) in [6.45, 7) is 2.51. The lowest BCUT2D eigenvalue weighted by atomic mass is 10.1. The van der Waals surface area contributed by atoms with Gasteiger partial charge in [-0.05, 0) is 25.1 Å². The van der Waals surface area contributed by atoms with Crippen molar-refractivity contribution in [2.75, 3.05) is 26.7 Å². The van der Waals surface area contributed by atoms with Crippen molar-refractivity contribution in [2.24, 2.45) is 0 Å². The van der Waals surface area contributed by atoms with Gasteiger partial charge in [0.2, 0.25) is 10.0 Å². The minimum atomic E-state index is -4.88. The third-order valence-electron chi connectivity index (χ3n) is 3.67. The second-order valence-corrected chi connectivity index (χ2v) is 7.35. The Hall–Kier alpha value is -1.36. The van der Waals surface area contributed by atoms with Gasteiger partial charge in [0.05, 0.1) is 23.1 Å². The average Bonchev–Trinajstić information content (AvgIpc) is 2.52. The molecule has 11 heteroatoms. The zero-order valence-corrected chi connectivity index (χ0v) is 15.1. The van der Waals surface area contributed by atoms with Gasteiger partial charge in [-0.25, -0.2) is 13.2 Å². The number of rotatable bonds is 3. The number of alkyl halides is 3. The van der Waals surface area contributed by atoms with Crippen LogP contribution in [0.25, 0.3) is 0 Å². The first-order valence-electron chi connectivity index (χ1n) is 7.10. The van der Waals surface area contributed by atoms with Crippen LogP contribution < -0.4 is 5.32 Å². The molecule has 1 aromatic carbocycles. The maximum atomic E-state index is 13.2. The van der Waals surface area contributed by atoms with Crippen molar-refractivity contribution < 1.29 is 31.1 Å². The van der Waals surface area contributed by atoms with Crippen molar-refractivity contribution in [1.29, 1.82) is 0 Å². The Morgan fingerprint density at radius 1 is 1.36 bits per heavy atom. The van der Waals surface area contributed by atoms with E-state index in [1.807, 2.05) is 0 Å². The number of carbonyl (C=O) groups excluding carboxylic acids is 1. The topological polar surface area (TPSA) is 75.7 Å². The molecule has 1 heterocycles. The highest BCUT2D eigenvalue weighted by molar-refractivity contribution is 7.89. The van der Waals surface area contributed by atoms with Crippen LogP contribution in [0.5, 0.6) is 0 Å². The molecule has 0 amide bonds. The summed E-state index contributed by atoms with van der Waals surface area (Å²) in [6, 6.07) is 2.19. The Morgan fingerprint density at radius 3 is 2.52 bits per heavy atom. The molecule has 0 aromatic heterocycles. The van der Waals surface area contributed by atoms with Crippen molar-refractivity contribution in [2.45, 2.75) is 24.0 Å². The highest BCUT2D eigenvalue weighted by Gasteiger charge is 2.38. The molecule has 6 nitrogen and oxygen atoms in total. The van der Waals surface area contributed by atoms with Crippen LogP contribution in [0.15, 0.2) is 23.1 Å². The molecule has 142 valence electrons. The Bertz CT molecular complexity index is 740. The Labute approximate surface area is 149 Å². The van der Waals surface area contributed by atoms with Gasteiger partial charge in [-0.2, -0.15) is 17.5 Å². The summed E-state index contributed by atoms with van der Waals surface area (Å²) in [4.78, 5) is 11.0. The molecule has 0 radical (unpaired) electrons. The highest BCUT2D eigenvalue weighted by atomic mass is 35.5. The normalized spacial score (nSPS) is 19.2. The number of halogens is 4. The maximum absolute atomic E-state index is 13.2. The number of hydrogen-bond donors (Lipinski definition) is 1. The molecular weight excluding hydrogens is 385 g/mol. The summed E-state index contributed by atoms with van der Waals surface area (Å²) in [5, 5.41) is 3.06. The number of benzene rings is 1. The first kappa shape index (κ1) is 21.7. The summed E-state index contributed by atoms with van der Waals surface area (Å²) in [5.41, 5.74) is -2.06. The van der Waals surface area contributed by atoms with Gasteiger partial charge in [-0.1, -0.05) is 0 Å². The third kappa shape index (κ3) is 4.63. The summed E-state index contributed by atoms with van der Waals surface area (Å²) in [7, 11) is -3.13.